The number of hydrogen-bond acceptors (Lipinski definition) is 4. The maximum atomic E-state index is 12.5. The van der Waals surface area contributed by atoms with Crippen molar-refractivity contribution < 1.29 is 13.9 Å². The largest absolute Gasteiger partial charge is 0.361 e. The fourth-order valence-electron chi connectivity index (χ4n) is 3.17. The van der Waals surface area contributed by atoms with Crippen LogP contribution in [0.15, 0.2) is 53.4 Å². The average molecular weight is 362 g/mol. The van der Waals surface area contributed by atoms with Crippen LogP contribution in [0.4, 0.5) is 0 Å². The van der Waals surface area contributed by atoms with Gasteiger partial charge in [0.2, 0.25) is 0 Å². The van der Waals surface area contributed by atoms with Crippen molar-refractivity contribution in [3.63, 3.8) is 0 Å². The minimum Gasteiger partial charge on any atom is -0.361 e. The lowest BCUT2D eigenvalue weighted by atomic mass is 10.1. The SMILES string of the molecule is Cc1noc(C)c1-c1cnc2cc(C(=O)NCc3cccc[n+]3C)ccn12. The molecule has 4 heterocycles. The molecule has 0 aromatic carbocycles. The van der Waals surface area contributed by atoms with Crippen LogP contribution in [0.5, 0.6) is 0 Å². The van der Waals surface area contributed by atoms with Gasteiger partial charge in [-0.05, 0) is 26.0 Å². The molecule has 0 saturated carbocycles. The van der Waals surface area contributed by atoms with Crippen LogP contribution in [-0.4, -0.2) is 20.4 Å². The number of imidazole rings is 1. The summed E-state index contributed by atoms with van der Waals surface area (Å²) < 4.78 is 9.17. The van der Waals surface area contributed by atoms with Crippen LogP contribution in [0.2, 0.25) is 0 Å². The van der Waals surface area contributed by atoms with Gasteiger partial charge in [0.15, 0.2) is 11.9 Å². The second kappa shape index (κ2) is 6.68. The van der Waals surface area contributed by atoms with E-state index in [-0.39, 0.29) is 5.91 Å². The summed E-state index contributed by atoms with van der Waals surface area (Å²) in [6.07, 6.45) is 5.57. The first-order valence-corrected chi connectivity index (χ1v) is 8.66. The van der Waals surface area contributed by atoms with Crippen LogP contribution in [0.3, 0.4) is 0 Å². The summed E-state index contributed by atoms with van der Waals surface area (Å²) in [5.41, 5.74) is 4.92. The molecule has 1 N–H and O–H groups in total. The lowest BCUT2D eigenvalue weighted by Crippen LogP contribution is -2.36. The lowest BCUT2D eigenvalue weighted by Gasteiger charge is -2.06. The number of fused-ring (bicyclic) bond motifs is 1. The van der Waals surface area contributed by atoms with E-state index in [9.17, 15) is 4.79 Å². The third kappa shape index (κ3) is 3.08. The van der Waals surface area contributed by atoms with E-state index >= 15 is 0 Å². The van der Waals surface area contributed by atoms with Crippen molar-refractivity contribution in [2.45, 2.75) is 20.4 Å². The zero-order valence-electron chi connectivity index (χ0n) is 15.4. The van der Waals surface area contributed by atoms with Crippen molar-refractivity contribution in [2.75, 3.05) is 0 Å². The second-order valence-electron chi connectivity index (χ2n) is 6.47. The maximum Gasteiger partial charge on any atom is 0.251 e. The van der Waals surface area contributed by atoms with E-state index in [2.05, 4.69) is 15.5 Å². The Kier molecular flexibility index (Phi) is 4.19. The lowest BCUT2D eigenvalue weighted by molar-refractivity contribution is -0.679. The monoisotopic (exact) mass is 362 g/mol. The zero-order valence-corrected chi connectivity index (χ0v) is 15.4. The molecule has 0 unspecified atom stereocenters. The quantitative estimate of drug-likeness (QED) is 0.566. The maximum absolute atomic E-state index is 12.5. The van der Waals surface area contributed by atoms with Crippen molar-refractivity contribution in [1.29, 1.82) is 0 Å². The molecule has 0 spiro atoms. The Morgan fingerprint density at radius 1 is 1.30 bits per heavy atom. The number of aryl methyl sites for hydroxylation is 3. The van der Waals surface area contributed by atoms with Gasteiger partial charge >= 0.3 is 0 Å². The Balaban J connectivity index is 1.59. The molecule has 4 aromatic rings. The topological polar surface area (TPSA) is 76.3 Å². The molecular formula is C20H20N5O2+. The Morgan fingerprint density at radius 2 is 2.15 bits per heavy atom. The third-order valence-electron chi connectivity index (χ3n) is 4.66. The Labute approximate surface area is 156 Å². The number of hydrogen-bond donors (Lipinski definition) is 1. The molecule has 0 aliphatic rings. The van der Waals surface area contributed by atoms with Crippen LogP contribution in [0.1, 0.15) is 27.5 Å². The average Bonchev–Trinajstić information content (AvgIpc) is 3.22. The molecule has 0 atom stereocenters. The van der Waals surface area contributed by atoms with Gasteiger partial charge in [-0.15, -0.1) is 0 Å². The van der Waals surface area contributed by atoms with E-state index < -0.39 is 0 Å². The number of pyridine rings is 2. The number of carbonyl (C=O) groups excluding carboxylic acids is 1. The number of carbonyl (C=O) groups is 1. The normalized spacial score (nSPS) is 11.1. The summed E-state index contributed by atoms with van der Waals surface area (Å²) in [6.45, 7) is 4.23. The molecule has 0 bridgehead atoms. The molecule has 4 aromatic heterocycles. The van der Waals surface area contributed by atoms with Gasteiger partial charge in [0.05, 0.1) is 23.1 Å². The van der Waals surface area contributed by atoms with E-state index in [1.54, 1.807) is 18.3 Å². The van der Waals surface area contributed by atoms with Gasteiger partial charge in [0.1, 0.15) is 25.0 Å². The van der Waals surface area contributed by atoms with Crippen LogP contribution in [0.25, 0.3) is 16.9 Å². The fraction of sp³-hybridized carbons (Fsp3) is 0.200. The summed E-state index contributed by atoms with van der Waals surface area (Å²) in [7, 11) is 1.95. The first kappa shape index (κ1) is 17.0. The van der Waals surface area contributed by atoms with Crippen molar-refractivity contribution in [3.8, 4) is 11.3 Å². The van der Waals surface area contributed by atoms with E-state index in [4.69, 9.17) is 4.52 Å². The van der Waals surface area contributed by atoms with Gasteiger partial charge in [-0.25, -0.2) is 9.55 Å². The molecule has 0 radical (unpaired) electrons. The van der Waals surface area contributed by atoms with Crippen LogP contribution in [-0.2, 0) is 13.6 Å². The molecule has 7 nitrogen and oxygen atoms in total. The Morgan fingerprint density at radius 3 is 2.89 bits per heavy atom. The smallest absolute Gasteiger partial charge is 0.251 e. The zero-order chi connectivity index (χ0) is 19.0. The molecule has 1 amide bonds. The number of amides is 1. The van der Waals surface area contributed by atoms with Gasteiger partial charge in [0, 0.05) is 23.9 Å². The number of rotatable bonds is 4. The van der Waals surface area contributed by atoms with Crippen molar-refractivity contribution in [3.05, 3.63) is 71.6 Å². The highest BCUT2D eigenvalue weighted by atomic mass is 16.5. The highest BCUT2D eigenvalue weighted by molar-refractivity contribution is 5.95. The standard InChI is InChI=1S/C20H19N5O2/c1-13-19(14(2)27-23-13)17-12-21-18-10-15(7-9-25(17)18)20(26)22-11-16-6-4-5-8-24(16)3/h4-10,12H,11H2,1-3H3/p+1. The van der Waals surface area contributed by atoms with Crippen molar-refractivity contribution in [1.82, 2.24) is 19.9 Å². The minimum atomic E-state index is -0.136. The predicted molar refractivity (Wildman–Crippen MR) is 99.0 cm³/mol. The second-order valence-corrected chi connectivity index (χ2v) is 6.47. The fourth-order valence-corrected chi connectivity index (χ4v) is 3.17. The highest BCUT2D eigenvalue weighted by Gasteiger charge is 2.17. The first-order valence-electron chi connectivity index (χ1n) is 8.66. The molecule has 0 fully saturated rings. The van der Waals surface area contributed by atoms with Gasteiger partial charge in [0.25, 0.3) is 5.91 Å². The molecule has 27 heavy (non-hydrogen) atoms. The van der Waals surface area contributed by atoms with E-state index in [1.807, 2.05) is 60.5 Å². The predicted octanol–water partition coefficient (Wildman–Crippen LogP) is 2.36. The minimum absolute atomic E-state index is 0.136. The molecule has 0 aliphatic carbocycles. The Bertz CT molecular complexity index is 1120. The van der Waals surface area contributed by atoms with Gasteiger partial charge in [-0.3, -0.25) is 9.20 Å². The molecule has 4 rings (SSSR count). The summed E-state index contributed by atoms with van der Waals surface area (Å²) in [6, 6.07) is 9.45. The van der Waals surface area contributed by atoms with E-state index in [0.29, 0.717) is 17.8 Å². The summed E-state index contributed by atoms with van der Waals surface area (Å²) in [5.74, 6) is 0.607. The molecular weight excluding hydrogens is 342 g/mol. The highest BCUT2D eigenvalue weighted by Crippen LogP contribution is 2.27. The van der Waals surface area contributed by atoms with Crippen LogP contribution >= 0.6 is 0 Å². The van der Waals surface area contributed by atoms with Gasteiger partial charge in [-0.1, -0.05) is 11.2 Å². The van der Waals surface area contributed by atoms with Gasteiger partial charge < -0.3 is 9.84 Å². The molecule has 0 saturated heterocycles. The molecule has 0 aliphatic heterocycles. The van der Waals surface area contributed by atoms with Crippen molar-refractivity contribution in [2.24, 2.45) is 7.05 Å². The molecule has 136 valence electrons. The van der Waals surface area contributed by atoms with Crippen molar-refractivity contribution >= 4 is 11.6 Å². The van der Waals surface area contributed by atoms with Gasteiger partial charge in [-0.2, -0.15) is 0 Å². The van der Waals surface area contributed by atoms with Crippen LogP contribution < -0.4 is 9.88 Å². The molecule has 7 heteroatoms. The number of aromatic nitrogens is 4. The summed E-state index contributed by atoms with van der Waals surface area (Å²) >= 11 is 0. The third-order valence-corrected chi connectivity index (χ3v) is 4.66. The summed E-state index contributed by atoms with van der Waals surface area (Å²) in [5, 5.41) is 6.95. The summed E-state index contributed by atoms with van der Waals surface area (Å²) in [4.78, 5) is 17.0. The number of nitrogens with one attached hydrogen (secondary N) is 1. The first-order chi connectivity index (χ1) is 13.0. The van der Waals surface area contributed by atoms with E-state index in [1.165, 1.54) is 0 Å². The van der Waals surface area contributed by atoms with Crippen LogP contribution in [0, 0.1) is 13.8 Å². The van der Waals surface area contributed by atoms with E-state index in [0.717, 1.165) is 28.4 Å². The Hall–Kier alpha value is -3.48. The number of nitrogens with zero attached hydrogens (tertiary/aromatic N) is 4.